The number of unbranched alkanes of at least 4 members (excludes halogenated alkanes) is 13. The molecule has 0 saturated carbocycles. The quantitative estimate of drug-likeness (QED) is 0.362. The molecular formula is C16H36ClNO. The van der Waals surface area contributed by atoms with E-state index in [0.29, 0.717) is 0 Å². The predicted octanol–water partition coefficient (Wildman–Crippen LogP) is 1.65. The summed E-state index contributed by atoms with van der Waals surface area (Å²) in [5.41, 5.74) is 0. The van der Waals surface area contributed by atoms with Crippen LogP contribution in [-0.4, -0.2) is 6.61 Å². The number of halogens is 1. The molecule has 0 aromatic rings. The third-order valence-electron chi connectivity index (χ3n) is 3.64. The molecule has 0 spiro atoms. The summed E-state index contributed by atoms with van der Waals surface area (Å²) in [5.74, 6) is 3.38. The lowest BCUT2D eigenvalue weighted by Crippen LogP contribution is -3.00. The van der Waals surface area contributed by atoms with E-state index >= 15 is 0 Å². The first-order chi connectivity index (χ1) is 8.91. The van der Waals surface area contributed by atoms with E-state index in [0.717, 1.165) is 6.61 Å². The van der Waals surface area contributed by atoms with E-state index in [9.17, 15) is 0 Å². The van der Waals surface area contributed by atoms with Gasteiger partial charge in [0.1, 0.15) is 6.61 Å². The third-order valence-corrected chi connectivity index (χ3v) is 3.64. The first kappa shape index (κ1) is 21.5. The van der Waals surface area contributed by atoms with Crippen LogP contribution in [0.3, 0.4) is 0 Å². The van der Waals surface area contributed by atoms with Crippen LogP contribution >= 0.6 is 0 Å². The Labute approximate surface area is 127 Å². The van der Waals surface area contributed by atoms with Gasteiger partial charge in [0.05, 0.1) is 0 Å². The molecule has 0 heterocycles. The fourth-order valence-electron chi connectivity index (χ4n) is 2.40. The third kappa shape index (κ3) is 20.7. The average molecular weight is 294 g/mol. The molecule has 0 amide bonds. The van der Waals surface area contributed by atoms with Crippen LogP contribution < -0.4 is 18.3 Å². The summed E-state index contributed by atoms with van der Waals surface area (Å²) >= 11 is 0. The van der Waals surface area contributed by atoms with Crippen LogP contribution in [0, 0.1) is 0 Å². The van der Waals surface area contributed by atoms with Crippen LogP contribution in [0.2, 0.25) is 0 Å². The molecule has 0 fully saturated rings. The zero-order valence-electron chi connectivity index (χ0n) is 13.1. The second kappa shape index (κ2) is 20.5. The van der Waals surface area contributed by atoms with Gasteiger partial charge < -0.3 is 12.4 Å². The van der Waals surface area contributed by atoms with Gasteiger partial charge in [-0.2, -0.15) is 0 Å². The first-order valence-electron chi connectivity index (χ1n) is 8.28. The molecule has 0 atom stereocenters. The highest BCUT2D eigenvalue weighted by atomic mass is 35.5. The molecule has 3 N–H and O–H groups in total. The molecule has 2 nitrogen and oxygen atoms in total. The normalized spacial score (nSPS) is 10.4. The summed E-state index contributed by atoms with van der Waals surface area (Å²) in [5, 5.41) is 0. The van der Waals surface area contributed by atoms with Crippen molar-refractivity contribution in [2.24, 2.45) is 0 Å². The molecule has 19 heavy (non-hydrogen) atoms. The summed E-state index contributed by atoms with van der Waals surface area (Å²) in [7, 11) is 0. The van der Waals surface area contributed by atoms with Crippen LogP contribution in [0.4, 0.5) is 0 Å². The minimum Gasteiger partial charge on any atom is -1.00 e. The largest absolute Gasteiger partial charge is 1.00 e. The van der Waals surface area contributed by atoms with E-state index in [1.165, 1.54) is 89.9 Å². The first-order valence-corrected chi connectivity index (χ1v) is 8.28. The minimum absolute atomic E-state index is 0. The van der Waals surface area contributed by atoms with Crippen molar-refractivity contribution in [3.63, 3.8) is 0 Å². The topological polar surface area (TPSA) is 36.9 Å². The monoisotopic (exact) mass is 293 g/mol. The molecular weight excluding hydrogens is 258 g/mol. The van der Waals surface area contributed by atoms with E-state index in [-0.39, 0.29) is 12.4 Å². The Bertz CT molecular complexity index is 129. The van der Waals surface area contributed by atoms with Crippen molar-refractivity contribution >= 4 is 0 Å². The van der Waals surface area contributed by atoms with Gasteiger partial charge in [-0.05, 0) is 6.42 Å². The van der Waals surface area contributed by atoms with Crippen molar-refractivity contribution in [1.29, 1.82) is 0 Å². The molecule has 0 aliphatic carbocycles. The molecule has 0 radical (unpaired) electrons. The van der Waals surface area contributed by atoms with Gasteiger partial charge in [-0.1, -0.05) is 90.4 Å². The number of hydrogen-bond acceptors (Lipinski definition) is 1. The zero-order valence-corrected chi connectivity index (χ0v) is 13.9. The van der Waals surface area contributed by atoms with Crippen molar-refractivity contribution in [2.45, 2.75) is 96.8 Å². The average Bonchev–Trinajstić information content (AvgIpc) is 2.39. The van der Waals surface area contributed by atoms with Crippen LogP contribution in [0.25, 0.3) is 0 Å². The minimum atomic E-state index is 0. The SMILES string of the molecule is CCCCCCCCCCCCCCCCO[NH3+].[Cl-]. The van der Waals surface area contributed by atoms with E-state index in [1.54, 1.807) is 0 Å². The van der Waals surface area contributed by atoms with Crippen LogP contribution in [-0.2, 0) is 4.84 Å². The fraction of sp³-hybridized carbons (Fsp3) is 1.00. The van der Waals surface area contributed by atoms with Crippen molar-refractivity contribution in [2.75, 3.05) is 6.61 Å². The maximum atomic E-state index is 4.80. The van der Waals surface area contributed by atoms with E-state index in [1.807, 2.05) is 0 Å². The van der Waals surface area contributed by atoms with Gasteiger partial charge in [0.25, 0.3) is 0 Å². The molecule has 0 unspecified atom stereocenters. The molecule has 0 bridgehead atoms. The highest BCUT2D eigenvalue weighted by Crippen LogP contribution is 2.12. The van der Waals surface area contributed by atoms with Crippen molar-refractivity contribution in [1.82, 2.24) is 0 Å². The Balaban J connectivity index is 0. The lowest BCUT2D eigenvalue weighted by atomic mass is 10.0. The van der Waals surface area contributed by atoms with Gasteiger partial charge in [0.15, 0.2) is 0 Å². The Morgan fingerprint density at radius 1 is 0.579 bits per heavy atom. The Morgan fingerprint density at radius 3 is 1.21 bits per heavy atom. The van der Waals surface area contributed by atoms with Gasteiger partial charge in [-0.3, -0.25) is 0 Å². The highest BCUT2D eigenvalue weighted by Gasteiger charge is 1.94. The van der Waals surface area contributed by atoms with E-state index < -0.39 is 0 Å². The second-order valence-electron chi connectivity index (χ2n) is 5.50. The summed E-state index contributed by atoms with van der Waals surface area (Å²) in [6.07, 6.45) is 19.7. The maximum absolute atomic E-state index is 4.80. The molecule has 0 aromatic carbocycles. The molecule has 118 valence electrons. The lowest BCUT2D eigenvalue weighted by molar-refractivity contribution is -0.689. The van der Waals surface area contributed by atoms with Crippen molar-refractivity contribution in [3.8, 4) is 0 Å². The van der Waals surface area contributed by atoms with Crippen molar-refractivity contribution < 1.29 is 23.1 Å². The Kier molecular flexibility index (Phi) is 23.2. The Hall–Kier alpha value is 0.210. The van der Waals surface area contributed by atoms with Gasteiger partial charge >= 0.3 is 0 Å². The standard InChI is InChI=1S/C16H36NO.ClH/c1-2-3-4-5-6-7-8-9-10-11-12-13-14-15-16-18-17;/h2-16H2,1,17H3;1H/q+1;/p-1. The lowest BCUT2D eigenvalue weighted by Gasteiger charge is -2.02. The molecule has 0 aliphatic rings. The number of rotatable bonds is 15. The predicted molar refractivity (Wildman–Crippen MR) is 79.2 cm³/mol. The van der Waals surface area contributed by atoms with Crippen molar-refractivity contribution in [3.05, 3.63) is 0 Å². The number of hydrogen-bond donors (Lipinski definition) is 1. The van der Waals surface area contributed by atoms with Gasteiger partial charge in [0.2, 0.25) is 0 Å². The summed E-state index contributed by atoms with van der Waals surface area (Å²) in [6, 6.07) is 0. The molecule has 0 rings (SSSR count). The second-order valence-corrected chi connectivity index (χ2v) is 5.50. The van der Waals surface area contributed by atoms with E-state index in [4.69, 9.17) is 4.84 Å². The van der Waals surface area contributed by atoms with E-state index in [2.05, 4.69) is 12.8 Å². The van der Waals surface area contributed by atoms with Crippen LogP contribution in [0.5, 0.6) is 0 Å². The zero-order chi connectivity index (χ0) is 13.3. The molecule has 3 heteroatoms. The highest BCUT2D eigenvalue weighted by molar-refractivity contribution is 4.49. The van der Waals surface area contributed by atoms with Gasteiger partial charge in [0, 0.05) is 0 Å². The molecule has 0 aromatic heterocycles. The smallest absolute Gasteiger partial charge is 0.106 e. The maximum Gasteiger partial charge on any atom is 0.106 e. The Morgan fingerprint density at radius 2 is 0.895 bits per heavy atom. The van der Waals surface area contributed by atoms with Gasteiger partial charge in [-0.25, -0.2) is 10.7 Å². The number of quaternary nitrogens is 1. The van der Waals surface area contributed by atoms with Crippen LogP contribution in [0.15, 0.2) is 0 Å². The summed E-state index contributed by atoms with van der Waals surface area (Å²) in [4.78, 5) is 4.80. The van der Waals surface area contributed by atoms with Crippen LogP contribution in [0.1, 0.15) is 96.8 Å². The van der Waals surface area contributed by atoms with Gasteiger partial charge in [-0.15, -0.1) is 0 Å². The molecule has 0 aliphatic heterocycles. The summed E-state index contributed by atoms with van der Waals surface area (Å²) in [6.45, 7) is 3.12. The summed E-state index contributed by atoms with van der Waals surface area (Å²) < 4.78 is 0. The molecule has 0 saturated heterocycles. The fourth-order valence-corrected chi connectivity index (χ4v) is 2.40.